The van der Waals surface area contributed by atoms with E-state index < -0.39 is 10.0 Å². The molecule has 0 atom stereocenters. The lowest BCUT2D eigenvalue weighted by molar-refractivity contribution is 0.596. The van der Waals surface area contributed by atoms with Gasteiger partial charge in [0.15, 0.2) is 5.82 Å². The lowest BCUT2D eigenvalue weighted by atomic mass is 10.2. The van der Waals surface area contributed by atoms with E-state index in [0.717, 1.165) is 0 Å². The summed E-state index contributed by atoms with van der Waals surface area (Å²) in [6.45, 7) is 0. The van der Waals surface area contributed by atoms with Crippen molar-refractivity contribution in [2.45, 2.75) is 4.90 Å². The van der Waals surface area contributed by atoms with Crippen molar-refractivity contribution >= 4 is 10.0 Å². The minimum Gasteiger partial charge on any atom is -0.239 e. The van der Waals surface area contributed by atoms with Crippen LogP contribution < -0.4 is 5.14 Å². The summed E-state index contributed by atoms with van der Waals surface area (Å²) >= 11 is 0. The third-order valence-corrected chi connectivity index (χ3v) is 2.68. The van der Waals surface area contributed by atoms with Crippen molar-refractivity contribution in [2.24, 2.45) is 0 Å². The summed E-state index contributed by atoms with van der Waals surface area (Å²) in [6.07, 6.45) is 0. The van der Waals surface area contributed by atoms with Crippen molar-refractivity contribution in [1.29, 1.82) is 0 Å². The van der Waals surface area contributed by atoms with Gasteiger partial charge in [-0.05, 0) is 34.7 Å². The normalized spacial score (nSPS) is 11.5. The molecule has 1 aromatic carbocycles. The second-order valence-electron chi connectivity index (χ2n) is 2.78. The first-order chi connectivity index (χ1) is 7.07. The van der Waals surface area contributed by atoms with Gasteiger partial charge in [0.2, 0.25) is 0 Å². The minimum atomic E-state index is -3.90. The first-order valence-corrected chi connectivity index (χ1v) is 5.39. The number of hydrogen-bond acceptors (Lipinski definition) is 5. The smallest absolute Gasteiger partial charge is 0.239 e. The lowest BCUT2D eigenvalue weighted by Crippen LogP contribution is -1.99. The molecule has 77 valence electrons. The van der Waals surface area contributed by atoms with Crippen LogP contribution in [0.5, 0.6) is 0 Å². The van der Waals surface area contributed by atoms with E-state index in [0.29, 0.717) is 11.4 Å². The summed E-state index contributed by atoms with van der Waals surface area (Å²) < 4.78 is 21.7. The van der Waals surface area contributed by atoms with Crippen LogP contribution in [0.2, 0.25) is 0 Å². The maximum absolute atomic E-state index is 10.8. The fourth-order valence-electron chi connectivity index (χ4n) is 1.07. The van der Waals surface area contributed by atoms with Gasteiger partial charge in [-0.25, -0.2) is 13.5 Å². The zero-order valence-electron chi connectivity index (χ0n) is 7.38. The number of tetrazole rings is 1. The zero-order valence-corrected chi connectivity index (χ0v) is 8.19. The van der Waals surface area contributed by atoms with E-state index in [1.807, 2.05) is 0 Å². The Balaban J connectivity index is 2.42. The molecule has 8 heteroatoms. The highest BCUT2D eigenvalue weighted by atomic mass is 32.2. The average Bonchev–Trinajstić information content (AvgIpc) is 2.69. The first-order valence-electron chi connectivity index (χ1n) is 3.91. The van der Waals surface area contributed by atoms with E-state index in [-0.39, 0.29) is 4.90 Å². The molecular weight excluding hydrogens is 218 g/mol. The van der Waals surface area contributed by atoms with E-state index >= 15 is 0 Å². The van der Waals surface area contributed by atoms with Gasteiger partial charge in [-0.3, -0.25) is 0 Å². The Hall–Kier alpha value is -1.80. The predicted octanol–water partition coefficient (Wildman–Crippen LogP) is -0.162. The monoisotopic (exact) mass is 224 g/mol. The Morgan fingerprint density at radius 3 is 2.33 bits per heavy atom. The summed E-state index contributed by atoms with van der Waals surface area (Å²) in [4.78, 5) is -0.0567. The van der Waals surface area contributed by atoms with Crippen LogP contribution in [0, 0.1) is 0 Å². The van der Waals surface area contributed by atoms with Crippen LogP contribution in [0.4, 0.5) is 0 Å². The van der Waals surface area contributed by atoms with Gasteiger partial charge in [0.1, 0.15) is 0 Å². The molecule has 0 fully saturated rings. The maximum atomic E-state index is 10.8. The molecule has 0 bridgehead atoms. The standard InChI is InChI=1S/C7H6N5O2S/c8-15(13,14)6-3-1-5(2-4-6)7-9-11-12-10-7/h1-4,8H,(H,9,10,11,12). The molecule has 2 N–H and O–H groups in total. The topological polar surface area (TPSA) is 112 Å². The van der Waals surface area contributed by atoms with Crippen molar-refractivity contribution in [3.63, 3.8) is 0 Å². The summed E-state index contributed by atoms with van der Waals surface area (Å²) in [5.74, 6) is 0.448. The number of nitrogens with one attached hydrogen (secondary N) is 2. The van der Waals surface area contributed by atoms with Gasteiger partial charge >= 0.3 is 0 Å². The molecule has 7 nitrogen and oxygen atoms in total. The van der Waals surface area contributed by atoms with Gasteiger partial charge in [0.05, 0.1) is 4.90 Å². The second-order valence-corrected chi connectivity index (χ2v) is 4.26. The van der Waals surface area contributed by atoms with Crippen LogP contribution in [0.1, 0.15) is 0 Å². The molecule has 0 aliphatic rings. The Kier molecular flexibility index (Phi) is 2.21. The van der Waals surface area contributed by atoms with Gasteiger partial charge in [-0.2, -0.15) is 0 Å². The Bertz CT molecular complexity index is 546. The third kappa shape index (κ3) is 2.00. The molecule has 1 heterocycles. The van der Waals surface area contributed by atoms with E-state index in [2.05, 4.69) is 20.6 Å². The summed E-state index contributed by atoms with van der Waals surface area (Å²) in [5, 5.41) is 19.8. The number of benzene rings is 1. The SMILES string of the molecule is [NH]S(=O)(=O)c1ccc(-c2nnn[nH]2)cc1. The molecule has 0 amide bonds. The van der Waals surface area contributed by atoms with Crippen molar-refractivity contribution in [3.8, 4) is 11.4 Å². The van der Waals surface area contributed by atoms with Crippen molar-refractivity contribution in [1.82, 2.24) is 25.8 Å². The maximum Gasteiger partial charge on any atom is 0.254 e. The highest BCUT2D eigenvalue weighted by molar-refractivity contribution is 7.88. The number of aromatic amines is 1. The lowest BCUT2D eigenvalue weighted by Gasteiger charge is -1.97. The van der Waals surface area contributed by atoms with E-state index in [4.69, 9.17) is 5.14 Å². The Labute approximate surface area is 85.4 Å². The number of H-pyrrole nitrogens is 1. The predicted molar refractivity (Wildman–Crippen MR) is 49.9 cm³/mol. The Morgan fingerprint density at radius 1 is 1.20 bits per heavy atom. The molecule has 1 radical (unpaired) electrons. The van der Waals surface area contributed by atoms with E-state index in [9.17, 15) is 8.42 Å². The number of hydrogen-bond donors (Lipinski definition) is 1. The molecule has 0 aliphatic heterocycles. The highest BCUT2D eigenvalue weighted by Crippen LogP contribution is 2.16. The van der Waals surface area contributed by atoms with Crippen LogP contribution >= 0.6 is 0 Å². The molecule has 2 rings (SSSR count). The van der Waals surface area contributed by atoms with Crippen LogP contribution in [-0.4, -0.2) is 29.0 Å². The van der Waals surface area contributed by atoms with Crippen LogP contribution in [0.25, 0.3) is 11.4 Å². The molecule has 15 heavy (non-hydrogen) atoms. The van der Waals surface area contributed by atoms with E-state index in [1.165, 1.54) is 24.3 Å². The molecule has 0 aliphatic carbocycles. The fourth-order valence-corrected chi connectivity index (χ4v) is 1.57. The zero-order chi connectivity index (χ0) is 10.9. The van der Waals surface area contributed by atoms with Crippen molar-refractivity contribution in [2.75, 3.05) is 0 Å². The molecule has 0 unspecified atom stereocenters. The summed E-state index contributed by atoms with van der Waals surface area (Å²) in [7, 11) is -3.90. The summed E-state index contributed by atoms with van der Waals surface area (Å²) in [6, 6.07) is 5.73. The highest BCUT2D eigenvalue weighted by Gasteiger charge is 2.09. The molecule has 0 saturated carbocycles. The van der Waals surface area contributed by atoms with Crippen LogP contribution in [0.3, 0.4) is 0 Å². The average molecular weight is 224 g/mol. The molecule has 1 aromatic heterocycles. The quantitative estimate of drug-likeness (QED) is 0.761. The van der Waals surface area contributed by atoms with Crippen molar-refractivity contribution in [3.05, 3.63) is 24.3 Å². The number of aromatic nitrogens is 4. The van der Waals surface area contributed by atoms with Crippen LogP contribution in [-0.2, 0) is 10.0 Å². The largest absolute Gasteiger partial charge is 0.254 e. The molecule has 0 saturated heterocycles. The van der Waals surface area contributed by atoms with E-state index in [1.54, 1.807) is 0 Å². The Morgan fingerprint density at radius 2 is 1.87 bits per heavy atom. The second kappa shape index (κ2) is 3.41. The van der Waals surface area contributed by atoms with Crippen LogP contribution in [0.15, 0.2) is 29.2 Å². The molecule has 0 spiro atoms. The van der Waals surface area contributed by atoms with Gasteiger partial charge in [0, 0.05) is 5.56 Å². The summed E-state index contributed by atoms with van der Waals surface area (Å²) in [5.41, 5.74) is 0.660. The van der Waals surface area contributed by atoms with Gasteiger partial charge in [-0.1, -0.05) is 0 Å². The van der Waals surface area contributed by atoms with Gasteiger partial charge < -0.3 is 0 Å². The third-order valence-electron chi connectivity index (χ3n) is 1.78. The van der Waals surface area contributed by atoms with Crippen molar-refractivity contribution < 1.29 is 8.42 Å². The van der Waals surface area contributed by atoms with Gasteiger partial charge in [-0.15, -0.1) is 10.2 Å². The first kappa shape index (κ1) is 9.74. The molecular formula is C7H6N5O2S. The fraction of sp³-hybridized carbons (Fsp3) is 0. The minimum absolute atomic E-state index is 0.0567. The molecule has 2 aromatic rings. The number of rotatable bonds is 2. The van der Waals surface area contributed by atoms with Gasteiger partial charge in [0.25, 0.3) is 10.0 Å². The number of sulfonamides is 1. The number of nitrogens with zero attached hydrogens (tertiary/aromatic N) is 3.